The highest BCUT2D eigenvalue weighted by Gasteiger charge is 2.32. The van der Waals surface area contributed by atoms with E-state index < -0.39 is 0 Å². The summed E-state index contributed by atoms with van der Waals surface area (Å²) in [6.45, 7) is 4.82. The van der Waals surface area contributed by atoms with Gasteiger partial charge in [-0.2, -0.15) is 0 Å². The van der Waals surface area contributed by atoms with Crippen molar-refractivity contribution in [1.29, 1.82) is 0 Å². The molecule has 0 N–H and O–H groups in total. The Balaban J connectivity index is 1.96. The second-order valence-electron chi connectivity index (χ2n) is 5.37. The highest BCUT2D eigenvalue weighted by Crippen LogP contribution is 2.44. The minimum Gasteiger partial charge on any atom is -0.0625 e. The molecule has 70 valence electrons. The second-order valence-corrected chi connectivity index (χ2v) is 5.37. The molecule has 0 heterocycles. The number of fused-ring (bicyclic) bond motifs is 2. The van der Waals surface area contributed by atoms with E-state index in [9.17, 15) is 0 Å². The van der Waals surface area contributed by atoms with Crippen molar-refractivity contribution in [2.75, 3.05) is 0 Å². The molecule has 0 saturated heterocycles. The molecule has 0 aromatic carbocycles. The van der Waals surface area contributed by atoms with E-state index in [-0.39, 0.29) is 0 Å². The third-order valence-corrected chi connectivity index (χ3v) is 4.11. The maximum atomic E-state index is 2.41. The first-order valence-electron chi connectivity index (χ1n) is 5.75. The van der Waals surface area contributed by atoms with Crippen LogP contribution in [0, 0.1) is 23.7 Å². The van der Waals surface area contributed by atoms with Crippen LogP contribution in [0.25, 0.3) is 0 Å². The molecule has 0 nitrogen and oxygen atoms in total. The van der Waals surface area contributed by atoms with Crippen molar-refractivity contribution in [3.8, 4) is 0 Å². The highest BCUT2D eigenvalue weighted by atomic mass is 14.4. The molecule has 2 unspecified atom stereocenters. The van der Waals surface area contributed by atoms with Gasteiger partial charge in [0.05, 0.1) is 0 Å². The van der Waals surface area contributed by atoms with Gasteiger partial charge in [-0.25, -0.2) is 0 Å². The normalized spacial score (nSPS) is 41.8. The minimum atomic E-state index is 0.938. The fourth-order valence-electron chi connectivity index (χ4n) is 3.33. The van der Waals surface area contributed by atoms with Crippen LogP contribution >= 0.6 is 0 Å². The molecule has 12 heavy (non-hydrogen) atoms. The Hall–Kier alpha value is 0. The van der Waals surface area contributed by atoms with Gasteiger partial charge in [0.25, 0.3) is 0 Å². The molecular formula is C12H22. The zero-order valence-corrected chi connectivity index (χ0v) is 8.55. The van der Waals surface area contributed by atoms with Crippen LogP contribution < -0.4 is 0 Å². The second kappa shape index (κ2) is 3.40. The van der Waals surface area contributed by atoms with E-state index >= 15 is 0 Å². The average Bonchev–Trinajstić information content (AvgIpc) is 2.03. The van der Waals surface area contributed by atoms with E-state index in [1.165, 1.54) is 6.42 Å². The van der Waals surface area contributed by atoms with E-state index in [4.69, 9.17) is 0 Å². The molecule has 0 radical (unpaired) electrons. The molecule has 0 aliphatic heterocycles. The van der Waals surface area contributed by atoms with Gasteiger partial charge >= 0.3 is 0 Å². The Morgan fingerprint density at radius 3 is 2.00 bits per heavy atom. The van der Waals surface area contributed by atoms with E-state index in [2.05, 4.69) is 13.8 Å². The van der Waals surface area contributed by atoms with E-state index in [0.29, 0.717) is 0 Å². The molecule has 2 fully saturated rings. The van der Waals surface area contributed by atoms with Crippen LogP contribution in [0.4, 0.5) is 0 Å². The van der Waals surface area contributed by atoms with Gasteiger partial charge in [-0.15, -0.1) is 0 Å². The van der Waals surface area contributed by atoms with Gasteiger partial charge in [-0.1, -0.05) is 33.1 Å². The van der Waals surface area contributed by atoms with Gasteiger partial charge in [0.15, 0.2) is 0 Å². The van der Waals surface area contributed by atoms with Gasteiger partial charge in [-0.3, -0.25) is 0 Å². The maximum Gasteiger partial charge on any atom is -0.0386 e. The van der Waals surface area contributed by atoms with Crippen LogP contribution in [-0.4, -0.2) is 0 Å². The van der Waals surface area contributed by atoms with E-state index in [1.807, 2.05) is 0 Å². The molecule has 0 spiro atoms. The van der Waals surface area contributed by atoms with Crippen molar-refractivity contribution in [1.82, 2.24) is 0 Å². The monoisotopic (exact) mass is 166 g/mol. The number of hydrogen-bond donors (Lipinski definition) is 0. The van der Waals surface area contributed by atoms with Crippen molar-refractivity contribution in [2.45, 2.75) is 52.4 Å². The van der Waals surface area contributed by atoms with Crippen LogP contribution in [0.1, 0.15) is 52.4 Å². The van der Waals surface area contributed by atoms with E-state index in [0.717, 1.165) is 23.7 Å². The third kappa shape index (κ3) is 1.67. The summed E-state index contributed by atoms with van der Waals surface area (Å²) in [7, 11) is 0. The SMILES string of the molecule is CC(C)C1CC2CCCC(C2)C1. The minimum absolute atomic E-state index is 0.938. The lowest BCUT2D eigenvalue weighted by Gasteiger charge is -2.40. The number of hydrogen-bond acceptors (Lipinski definition) is 0. The predicted octanol–water partition coefficient (Wildman–Crippen LogP) is 3.86. The summed E-state index contributed by atoms with van der Waals surface area (Å²) in [5, 5.41) is 0. The first kappa shape index (κ1) is 8.59. The third-order valence-electron chi connectivity index (χ3n) is 4.11. The fraction of sp³-hybridized carbons (Fsp3) is 1.00. The van der Waals surface area contributed by atoms with Crippen molar-refractivity contribution in [2.24, 2.45) is 23.7 Å². The smallest absolute Gasteiger partial charge is 0.0386 e. The van der Waals surface area contributed by atoms with Crippen LogP contribution in [-0.2, 0) is 0 Å². The standard InChI is InChI=1S/C12H22/c1-9(2)12-7-10-4-3-5-11(6-10)8-12/h9-12H,3-8H2,1-2H3. The molecular weight excluding hydrogens is 144 g/mol. The fourth-order valence-corrected chi connectivity index (χ4v) is 3.33. The summed E-state index contributed by atoms with van der Waals surface area (Å²) in [5.74, 6) is 4.23. The zero-order valence-electron chi connectivity index (χ0n) is 8.55. The first-order chi connectivity index (χ1) is 5.75. The summed E-state index contributed by atoms with van der Waals surface area (Å²) in [6.07, 6.45) is 9.28. The lowest BCUT2D eigenvalue weighted by atomic mass is 9.65. The molecule has 0 aromatic rings. The summed E-state index contributed by atoms with van der Waals surface area (Å²) < 4.78 is 0. The van der Waals surface area contributed by atoms with Gasteiger partial charge in [-0.05, 0) is 42.9 Å². The summed E-state index contributed by atoms with van der Waals surface area (Å²) >= 11 is 0. The van der Waals surface area contributed by atoms with Crippen molar-refractivity contribution >= 4 is 0 Å². The molecule has 0 heteroatoms. The first-order valence-corrected chi connectivity index (χ1v) is 5.75. The molecule has 0 amide bonds. The highest BCUT2D eigenvalue weighted by molar-refractivity contribution is 4.83. The average molecular weight is 166 g/mol. The molecule has 2 aliphatic rings. The summed E-state index contributed by atoms with van der Waals surface area (Å²) in [5.41, 5.74) is 0. The molecule has 2 bridgehead atoms. The maximum absolute atomic E-state index is 2.41. The van der Waals surface area contributed by atoms with Crippen LogP contribution in [0.5, 0.6) is 0 Å². The Bertz CT molecular complexity index is 136. The van der Waals surface area contributed by atoms with Crippen molar-refractivity contribution < 1.29 is 0 Å². The molecule has 2 rings (SSSR count). The number of rotatable bonds is 1. The lowest BCUT2D eigenvalue weighted by Crippen LogP contribution is -2.29. The predicted molar refractivity (Wildman–Crippen MR) is 53.0 cm³/mol. The largest absolute Gasteiger partial charge is 0.0625 e. The Labute approximate surface area is 76.7 Å². The molecule has 2 atom stereocenters. The Kier molecular flexibility index (Phi) is 2.43. The van der Waals surface area contributed by atoms with Gasteiger partial charge in [0, 0.05) is 0 Å². The van der Waals surface area contributed by atoms with Gasteiger partial charge in [0.2, 0.25) is 0 Å². The molecule has 2 aliphatic carbocycles. The summed E-state index contributed by atoms with van der Waals surface area (Å²) in [6, 6.07) is 0. The molecule has 0 aromatic heterocycles. The Morgan fingerprint density at radius 2 is 1.50 bits per heavy atom. The van der Waals surface area contributed by atoms with Crippen LogP contribution in [0.3, 0.4) is 0 Å². The van der Waals surface area contributed by atoms with Gasteiger partial charge in [0.1, 0.15) is 0 Å². The van der Waals surface area contributed by atoms with E-state index in [1.54, 1.807) is 32.1 Å². The summed E-state index contributed by atoms with van der Waals surface area (Å²) in [4.78, 5) is 0. The van der Waals surface area contributed by atoms with Crippen LogP contribution in [0.2, 0.25) is 0 Å². The van der Waals surface area contributed by atoms with Crippen LogP contribution in [0.15, 0.2) is 0 Å². The quantitative estimate of drug-likeness (QED) is 0.555. The zero-order chi connectivity index (χ0) is 8.55. The van der Waals surface area contributed by atoms with Crippen molar-refractivity contribution in [3.63, 3.8) is 0 Å². The van der Waals surface area contributed by atoms with Gasteiger partial charge < -0.3 is 0 Å². The Morgan fingerprint density at radius 1 is 0.917 bits per heavy atom. The topological polar surface area (TPSA) is 0 Å². The molecule has 2 saturated carbocycles. The van der Waals surface area contributed by atoms with Crippen molar-refractivity contribution in [3.05, 3.63) is 0 Å². The lowest BCUT2D eigenvalue weighted by molar-refractivity contribution is 0.111.